The first-order chi connectivity index (χ1) is 12.2. The van der Waals surface area contributed by atoms with Crippen molar-refractivity contribution in [3.05, 3.63) is 17.0 Å². The van der Waals surface area contributed by atoms with Crippen LogP contribution < -0.4 is 10.6 Å². The molecule has 3 rings (SSSR count). The lowest BCUT2D eigenvalue weighted by Gasteiger charge is -2.33. The maximum Gasteiger partial charge on any atom is 0.191 e. The van der Waals surface area contributed by atoms with Crippen LogP contribution in [0.5, 0.6) is 0 Å². The second-order valence-electron chi connectivity index (χ2n) is 7.31. The molecule has 0 spiro atoms. The van der Waals surface area contributed by atoms with Gasteiger partial charge in [0, 0.05) is 57.1 Å². The predicted molar refractivity (Wildman–Crippen MR) is 118 cm³/mol. The minimum Gasteiger partial charge on any atom is -0.354 e. The van der Waals surface area contributed by atoms with Crippen LogP contribution in [-0.2, 0) is 26.4 Å². The van der Waals surface area contributed by atoms with Gasteiger partial charge in [0.1, 0.15) is 0 Å². The zero-order valence-electron chi connectivity index (χ0n) is 16.7. The molecule has 1 saturated carbocycles. The summed E-state index contributed by atoms with van der Waals surface area (Å²) in [5, 5.41) is 11.8. The predicted octanol–water partition coefficient (Wildman–Crippen LogP) is 2.45. The van der Waals surface area contributed by atoms with Crippen molar-refractivity contribution in [2.75, 3.05) is 20.1 Å². The molecule has 2 heterocycles. The third kappa shape index (κ3) is 5.12. The molecular weight excluding hydrogens is 439 g/mol. The van der Waals surface area contributed by atoms with E-state index in [4.69, 9.17) is 0 Å². The SMILES string of the molecule is CCc1nn(C)c(CC)c1CNC(=NC)NC1CCN(C2CC2)CC1.I. The van der Waals surface area contributed by atoms with Crippen LogP contribution in [0.1, 0.15) is 56.5 Å². The quantitative estimate of drug-likeness (QED) is 0.378. The Hall–Kier alpha value is -0.830. The van der Waals surface area contributed by atoms with E-state index in [1.807, 2.05) is 18.8 Å². The third-order valence-electron chi connectivity index (χ3n) is 5.62. The van der Waals surface area contributed by atoms with Gasteiger partial charge in [-0.15, -0.1) is 24.0 Å². The van der Waals surface area contributed by atoms with Gasteiger partial charge in [-0.3, -0.25) is 9.67 Å². The monoisotopic (exact) mass is 474 g/mol. The molecular formula is C19H35IN6. The number of aryl methyl sites for hydroxylation is 2. The Morgan fingerprint density at radius 1 is 1.15 bits per heavy atom. The summed E-state index contributed by atoms with van der Waals surface area (Å²) < 4.78 is 2.03. The first-order valence-corrected chi connectivity index (χ1v) is 9.91. The standard InChI is InChI=1S/C19H34N6.HI/c1-5-17-16(18(6-2)24(4)23-17)13-21-19(20-3)22-14-9-11-25(12-10-14)15-7-8-15;/h14-15H,5-13H2,1-4H3,(H2,20,21,22);1H. The normalized spacial score (nSPS) is 19.3. The Kier molecular flexibility index (Phi) is 8.19. The largest absolute Gasteiger partial charge is 0.354 e. The van der Waals surface area contributed by atoms with Crippen molar-refractivity contribution >= 4 is 29.9 Å². The maximum absolute atomic E-state index is 4.66. The van der Waals surface area contributed by atoms with E-state index in [1.54, 1.807) is 0 Å². The zero-order chi connectivity index (χ0) is 17.8. The van der Waals surface area contributed by atoms with E-state index in [0.717, 1.165) is 31.4 Å². The first kappa shape index (κ1) is 21.5. The van der Waals surface area contributed by atoms with E-state index in [2.05, 4.69) is 39.5 Å². The molecule has 1 aromatic rings. The van der Waals surface area contributed by atoms with E-state index < -0.39 is 0 Å². The summed E-state index contributed by atoms with van der Waals surface area (Å²) in [6.07, 6.45) is 7.22. The molecule has 26 heavy (non-hydrogen) atoms. The Balaban J connectivity index is 0.00000243. The number of nitrogens with one attached hydrogen (secondary N) is 2. The van der Waals surface area contributed by atoms with Gasteiger partial charge in [0.25, 0.3) is 0 Å². The number of likely N-dealkylation sites (tertiary alicyclic amines) is 1. The van der Waals surface area contributed by atoms with Crippen LogP contribution in [-0.4, -0.2) is 52.9 Å². The number of piperidine rings is 1. The van der Waals surface area contributed by atoms with Gasteiger partial charge in [0.05, 0.1) is 5.69 Å². The number of halogens is 1. The van der Waals surface area contributed by atoms with Gasteiger partial charge in [0.2, 0.25) is 0 Å². The highest BCUT2D eigenvalue weighted by Gasteiger charge is 2.31. The third-order valence-corrected chi connectivity index (χ3v) is 5.62. The molecule has 2 fully saturated rings. The summed E-state index contributed by atoms with van der Waals surface area (Å²) in [7, 11) is 3.90. The summed E-state index contributed by atoms with van der Waals surface area (Å²) in [5.41, 5.74) is 3.84. The van der Waals surface area contributed by atoms with Crippen molar-refractivity contribution < 1.29 is 0 Å². The van der Waals surface area contributed by atoms with Crippen molar-refractivity contribution in [1.29, 1.82) is 0 Å². The van der Waals surface area contributed by atoms with Crippen molar-refractivity contribution in [2.24, 2.45) is 12.0 Å². The first-order valence-electron chi connectivity index (χ1n) is 9.91. The number of guanidine groups is 1. The van der Waals surface area contributed by atoms with Gasteiger partial charge < -0.3 is 15.5 Å². The molecule has 0 unspecified atom stereocenters. The second-order valence-corrected chi connectivity index (χ2v) is 7.31. The van der Waals surface area contributed by atoms with E-state index in [0.29, 0.717) is 6.04 Å². The molecule has 6 nitrogen and oxygen atoms in total. The van der Waals surface area contributed by atoms with Gasteiger partial charge in [-0.1, -0.05) is 13.8 Å². The molecule has 7 heteroatoms. The van der Waals surface area contributed by atoms with Crippen molar-refractivity contribution in [3.63, 3.8) is 0 Å². The van der Waals surface area contributed by atoms with Crippen LogP contribution in [0.25, 0.3) is 0 Å². The van der Waals surface area contributed by atoms with E-state index in [-0.39, 0.29) is 24.0 Å². The molecule has 1 aliphatic heterocycles. The van der Waals surface area contributed by atoms with Crippen molar-refractivity contribution in [1.82, 2.24) is 25.3 Å². The Labute approximate surface area is 175 Å². The molecule has 2 N–H and O–H groups in total. The Morgan fingerprint density at radius 2 is 1.85 bits per heavy atom. The summed E-state index contributed by atoms with van der Waals surface area (Å²) in [4.78, 5) is 7.09. The van der Waals surface area contributed by atoms with Crippen LogP contribution in [0, 0.1) is 0 Å². The zero-order valence-corrected chi connectivity index (χ0v) is 19.0. The molecule has 0 aromatic carbocycles. The van der Waals surface area contributed by atoms with Gasteiger partial charge in [-0.2, -0.15) is 5.10 Å². The smallest absolute Gasteiger partial charge is 0.191 e. The fraction of sp³-hybridized carbons (Fsp3) is 0.789. The molecule has 0 atom stereocenters. The molecule has 0 radical (unpaired) electrons. The van der Waals surface area contributed by atoms with Crippen LogP contribution >= 0.6 is 24.0 Å². The average Bonchev–Trinajstić information content (AvgIpc) is 3.43. The van der Waals surface area contributed by atoms with Crippen LogP contribution in [0.15, 0.2) is 4.99 Å². The van der Waals surface area contributed by atoms with E-state index in [1.165, 1.54) is 55.7 Å². The minimum atomic E-state index is 0. The minimum absolute atomic E-state index is 0. The molecule has 1 aromatic heterocycles. The average molecular weight is 474 g/mol. The number of hydrogen-bond donors (Lipinski definition) is 2. The topological polar surface area (TPSA) is 57.5 Å². The number of nitrogens with zero attached hydrogens (tertiary/aromatic N) is 4. The summed E-state index contributed by atoms with van der Waals surface area (Å²) in [6, 6.07) is 1.43. The van der Waals surface area contributed by atoms with Crippen LogP contribution in [0.4, 0.5) is 0 Å². The number of aliphatic imine (C=N–C) groups is 1. The fourth-order valence-electron chi connectivity index (χ4n) is 4.00. The highest BCUT2D eigenvalue weighted by Crippen LogP contribution is 2.29. The highest BCUT2D eigenvalue weighted by atomic mass is 127. The number of aromatic nitrogens is 2. The molecule has 0 bridgehead atoms. The lowest BCUT2D eigenvalue weighted by Crippen LogP contribution is -2.48. The molecule has 0 amide bonds. The van der Waals surface area contributed by atoms with Crippen molar-refractivity contribution in [2.45, 2.75) is 71.0 Å². The van der Waals surface area contributed by atoms with Crippen LogP contribution in [0.2, 0.25) is 0 Å². The maximum atomic E-state index is 4.66. The Bertz CT molecular complexity index is 599. The second kappa shape index (κ2) is 9.92. The highest BCUT2D eigenvalue weighted by molar-refractivity contribution is 14.0. The lowest BCUT2D eigenvalue weighted by atomic mass is 10.1. The summed E-state index contributed by atoms with van der Waals surface area (Å²) >= 11 is 0. The van der Waals surface area contributed by atoms with Crippen molar-refractivity contribution in [3.8, 4) is 0 Å². The molecule has 2 aliphatic rings. The fourth-order valence-corrected chi connectivity index (χ4v) is 4.00. The molecule has 1 aliphatic carbocycles. The number of hydrogen-bond acceptors (Lipinski definition) is 3. The summed E-state index contributed by atoms with van der Waals surface area (Å²) in [5.74, 6) is 0.915. The van der Waals surface area contributed by atoms with Gasteiger partial charge in [-0.25, -0.2) is 0 Å². The van der Waals surface area contributed by atoms with Crippen LogP contribution in [0.3, 0.4) is 0 Å². The molecule has 1 saturated heterocycles. The Morgan fingerprint density at radius 3 is 2.38 bits per heavy atom. The number of rotatable bonds is 6. The van der Waals surface area contributed by atoms with Gasteiger partial charge >= 0.3 is 0 Å². The summed E-state index contributed by atoms with van der Waals surface area (Å²) in [6.45, 7) is 7.61. The van der Waals surface area contributed by atoms with E-state index in [9.17, 15) is 0 Å². The lowest BCUT2D eigenvalue weighted by molar-refractivity contribution is 0.197. The molecule has 148 valence electrons. The van der Waals surface area contributed by atoms with E-state index >= 15 is 0 Å². The van der Waals surface area contributed by atoms with Gasteiger partial charge in [-0.05, 0) is 38.5 Å². The van der Waals surface area contributed by atoms with Gasteiger partial charge in [0.15, 0.2) is 5.96 Å².